The van der Waals surface area contributed by atoms with Gasteiger partial charge in [0.25, 0.3) is 5.91 Å². The van der Waals surface area contributed by atoms with Crippen LogP contribution < -0.4 is 10.5 Å². The minimum Gasteiger partial charge on any atom is -0.496 e. The molecule has 2 rings (SSSR count). The molecule has 0 bridgehead atoms. The molecule has 1 aliphatic heterocycles. The second-order valence-corrected chi connectivity index (χ2v) is 5.73. The van der Waals surface area contributed by atoms with Crippen molar-refractivity contribution in [3.8, 4) is 5.75 Å². The Morgan fingerprint density at radius 1 is 1.47 bits per heavy atom. The van der Waals surface area contributed by atoms with Crippen LogP contribution in [0.3, 0.4) is 0 Å². The molecular weight excluding hydrogens is 308 g/mol. The minimum absolute atomic E-state index is 0.0415. The van der Waals surface area contributed by atoms with E-state index in [2.05, 4.69) is 15.9 Å². The van der Waals surface area contributed by atoms with Crippen molar-refractivity contribution in [2.24, 2.45) is 11.7 Å². The Morgan fingerprint density at radius 3 is 2.74 bits per heavy atom. The van der Waals surface area contributed by atoms with Crippen molar-refractivity contribution in [3.05, 3.63) is 28.2 Å². The molecule has 2 N–H and O–H groups in total. The largest absolute Gasteiger partial charge is 0.496 e. The summed E-state index contributed by atoms with van der Waals surface area (Å²) in [6.07, 6.45) is 1.97. The smallest absolute Gasteiger partial charge is 0.257 e. The van der Waals surface area contributed by atoms with Crippen molar-refractivity contribution in [3.63, 3.8) is 0 Å². The third-order valence-corrected chi connectivity index (χ3v) is 4.12. The van der Waals surface area contributed by atoms with Gasteiger partial charge in [-0.1, -0.05) is 15.9 Å². The maximum Gasteiger partial charge on any atom is 0.257 e. The number of nitrogens with zero attached hydrogens (tertiary/aromatic N) is 1. The molecular formula is C14H19BrN2O2. The summed E-state index contributed by atoms with van der Waals surface area (Å²) in [7, 11) is 1.58. The summed E-state index contributed by atoms with van der Waals surface area (Å²) in [5, 5.41) is 0. The van der Waals surface area contributed by atoms with Gasteiger partial charge in [-0.3, -0.25) is 4.79 Å². The maximum absolute atomic E-state index is 12.5. The lowest BCUT2D eigenvalue weighted by molar-refractivity contribution is 0.0690. The van der Waals surface area contributed by atoms with Crippen LogP contribution in [0, 0.1) is 5.92 Å². The maximum atomic E-state index is 12.5. The van der Waals surface area contributed by atoms with E-state index < -0.39 is 0 Å². The fourth-order valence-electron chi connectivity index (χ4n) is 2.38. The van der Waals surface area contributed by atoms with Crippen molar-refractivity contribution in [2.75, 3.05) is 26.7 Å². The van der Waals surface area contributed by atoms with Crippen LogP contribution in [0.2, 0.25) is 0 Å². The summed E-state index contributed by atoms with van der Waals surface area (Å²) in [5.41, 5.74) is 6.29. The Kier molecular flexibility index (Phi) is 4.82. The molecule has 0 aromatic heterocycles. The molecule has 1 aromatic rings. The van der Waals surface area contributed by atoms with Gasteiger partial charge in [-0.2, -0.15) is 0 Å². The summed E-state index contributed by atoms with van der Waals surface area (Å²) in [6, 6.07) is 5.49. The van der Waals surface area contributed by atoms with Gasteiger partial charge in [0.05, 0.1) is 12.7 Å². The zero-order valence-electron chi connectivity index (χ0n) is 11.1. The minimum atomic E-state index is 0.0415. The number of halogens is 1. The molecule has 0 unspecified atom stereocenters. The van der Waals surface area contributed by atoms with Crippen molar-refractivity contribution in [2.45, 2.75) is 12.8 Å². The molecule has 1 amide bonds. The van der Waals surface area contributed by atoms with E-state index in [0.717, 1.165) is 30.4 Å². The van der Waals surface area contributed by atoms with Gasteiger partial charge >= 0.3 is 0 Å². The van der Waals surface area contributed by atoms with Gasteiger partial charge < -0.3 is 15.4 Å². The number of ether oxygens (including phenoxy) is 1. The van der Waals surface area contributed by atoms with Crippen LogP contribution in [0.25, 0.3) is 0 Å². The Bertz CT molecular complexity index is 457. The van der Waals surface area contributed by atoms with Crippen LogP contribution in [-0.2, 0) is 0 Å². The summed E-state index contributed by atoms with van der Waals surface area (Å²) in [6.45, 7) is 2.27. The molecule has 1 fully saturated rings. The van der Waals surface area contributed by atoms with Crippen LogP contribution in [0.5, 0.6) is 5.75 Å². The quantitative estimate of drug-likeness (QED) is 0.927. The number of carbonyl (C=O) groups is 1. The van der Waals surface area contributed by atoms with Crippen molar-refractivity contribution in [1.82, 2.24) is 4.90 Å². The van der Waals surface area contributed by atoms with Gasteiger partial charge in [0.1, 0.15) is 5.75 Å². The molecule has 0 saturated carbocycles. The van der Waals surface area contributed by atoms with E-state index in [9.17, 15) is 4.79 Å². The molecule has 19 heavy (non-hydrogen) atoms. The molecule has 4 nitrogen and oxygen atoms in total. The zero-order valence-corrected chi connectivity index (χ0v) is 12.6. The van der Waals surface area contributed by atoms with Crippen molar-refractivity contribution in [1.29, 1.82) is 0 Å². The molecule has 1 aliphatic rings. The van der Waals surface area contributed by atoms with Crippen molar-refractivity contribution < 1.29 is 9.53 Å². The highest BCUT2D eigenvalue weighted by Crippen LogP contribution is 2.26. The first-order valence-corrected chi connectivity index (χ1v) is 7.28. The standard InChI is InChI=1S/C14H19BrN2O2/c1-19-13-8-11(15)2-3-12(13)14(18)17-6-4-10(9-16)5-7-17/h2-3,8,10H,4-7,9,16H2,1H3. The summed E-state index contributed by atoms with van der Waals surface area (Å²) >= 11 is 3.38. The van der Waals surface area contributed by atoms with Gasteiger partial charge in [0.15, 0.2) is 0 Å². The second-order valence-electron chi connectivity index (χ2n) is 4.82. The average Bonchev–Trinajstić information content (AvgIpc) is 2.46. The Hall–Kier alpha value is -1.07. The normalized spacial score (nSPS) is 16.5. The Morgan fingerprint density at radius 2 is 2.16 bits per heavy atom. The third kappa shape index (κ3) is 3.28. The molecule has 0 spiro atoms. The summed E-state index contributed by atoms with van der Waals surface area (Å²) < 4.78 is 6.19. The number of amides is 1. The van der Waals surface area contributed by atoms with Crippen molar-refractivity contribution >= 4 is 21.8 Å². The fourth-order valence-corrected chi connectivity index (χ4v) is 2.72. The number of benzene rings is 1. The van der Waals surface area contributed by atoms with Crippen LogP contribution in [0.4, 0.5) is 0 Å². The first kappa shape index (κ1) is 14.3. The SMILES string of the molecule is COc1cc(Br)ccc1C(=O)N1CCC(CN)CC1. The lowest BCUT2D eigenvalue weighted by Crippen LogP contribution is -2.40. The Labute approximate surface area is 122 Å². The number of rotatable bonds is 3. The van der Waals surface area contributed by atoms with Crippen LogP contribution >= 0.6 is 15.9 Å². The second kappa shape index (κ2) is 6.39. The van der Waals surface area contributed by atoms with Gasteiger partial charge in [-0.15, -0.1) is 0 Å². The van der Waals surface area contributed by atoms with E-state index in [0.29, 0.717) is 23.8 Å². The lowest BCUT2D eigenvalue weighted by Gasteiger charge is -2.31. The number of hydrogen-bond acceptors (Lipinski definition) is 3. The van der Waals surface area contributed by atoms with E-state index in [1.807, 2.05) is 17.0 Å². The fraction of sp³-hybridized carbons (Fsp3) is 0.500. The molecule has 0 aliphatic carbocycles. The molecule has 0 radical (unpaired) electrons. The third-order valence-electron chi connectivity index (χ3n) is 3.63. The van der Waals surface area contributed by atoms with Gasteiger partial charge in [-0.05, 0) is 43.5 Å². The predicted octanol–water partition coefficient (Wildman–Crippen LogP) is 2.27. The molecule has 104 valence electrons. The number of methoxy groups -OCH3 is 1. The molecule has 5 heteroatoms. The van der Waals surface area contributed by atoms with E-state index in [1.165, 1.54) is 0 Å². The lowest BCUT2D eigenvalue weighted by atomic mass is 9.96. The van der Waals surface area contributed by atoms with E-state index in [4.69, 9.17) is 10.5 Å². The van der Waals surface area contributed by atoms with E-state index >= 15 is 0 Å². The van der Waals surface area contributed by atoms with Gasteiger partial charge in [0, 0.05) is 17.6 Å². The Balaban J connectivity index is 2.12. The highest BCUT2D eigenvalue weighted by molar-refractivity contribution is 9.10. The summed E-state index contributed by atoms with van der Waals surface area (Å²) in [5.74, 6) is 1.20. The highest BCUT2D eigenvalue weighted by atomic mass is 79.9. The number of piperidine rings is 1. The summed E-state index contributed by atoms with van der Waals surface area (Å²) in [4.78, 5) is 14.4. The zero-order chi connectivity index (χ0) is 13.8. The highest BCUT2D eigenvalue weighted by Gasteiger charge is 2.24. The number of hydrogen-bond donors (Lipinski definition) is 1. The number of likely N-dealkylation sites (tertiary alicyclic amines) is 1. The number of carbonyl (C=O) groups excluding carboxylic acids is 1. The van der Waals surface area contributed by atoms with Crippen LogP contribution in [0.1, 0.15) is 23.2 Å². The molecule has 1 aromatic carbocycles. The first-order chi connectivity index (χ1) is 9.15. The molecule has 1 heterocycles. The van der Waals surface area contributed by atoms with E-state index in [-0.39, 0.29) is 5.91 Å². The van der Waals surface area contributed by atoms with Gasteiger partial charge in [0.2, 0.25) is 0 Å². The van der Waals surface area contributed by atoms with Gasteiger partial charge in [-0.25, -0.2) is 0 Å². The number of nitrogens with two attached hydrogens (primary N) is 1. The topological polar surface area (TPSA) is 55.6 Å². The van der Waals surface area contributed by atoms with E-state index in [1.54, 1.807) is 13.2 Å². The average molecular weight is 327 g/mol. The molecule has 0 atom stereocenters. The van der Waals surface area contributed by atoms with Crippen LogP contribution in [-0.4, -0.2) is 37.6 Å². The van der Waals surface area contributed by atoms with Crippen LogP contribution in [0.15, 0.2) is 22.7 Å². The predicted molar refractivity (Wildman–Crippen MR) is 78.4 cm³/mol. The monoisotopic (exact) mass is 326 g/mol. The first-order valence-electron chi connectivity index (χ1n) is 6.48. The molecule has 1 saturated heterocycles.